The highest BCUT2D eigenvalue weighted by atomic mass is 32.1. The summed E-state index contributed by atoms with van der Waals surface area (Å²) in [6.07, 6.45) is 4.67. The van der Waals surface area contributed by atoms with E-state index < -0.39 is 6.10 Å². The van der Waals surface area contributed by atoms with Crippen molar-refractivity contribution in [3.05, 3.63) is 74.8 Å². The zero-order chi connectivity index (χ0) is 21.9. The van der Waals surface area contributed by atoms with Gasteiger partial charge < -0.3 is 14.2 Å². The topological polar surface area (TPSA) is 74.9 Å². The molecule has 8 heteroatoms. The lowest BCUT2D eigenvalue weighted by Crippen LogP contribution is -2.26. The quantitative estimate of drug-likeness (QED) is 0.400. The third-order valence-corrected chi connectivity index (χ3v) is 6.17. The molecule has 0 amide bonds. The lowest BCUT2D eigenvalue weighted by Gasteiger charge is -2.24. The molecule has 1 aliphatic rings. The highest BCUT2D eigenvalue weighted by molar-refractivity contribution is 7.15. The van der Waals surface area contributed by atoms with E-state index in [9.17, 15) is 4.79 Å². The van der Waals surface area contributed by atoms with Gasteiger partial charge in [0.2, 0.25) is 4.96 Å². The van der Waals surface area contributed by atoms with E-state index in [1.54, 1.807) is 0 Å². The number of hydrogen-bond acceptors (Lipinski definition) is 7. The fraction of sp³-hybridized carbons (Fsp3) is 0.292. The molecule has 0 aliphatic carbocycles. The number of thiazole rings is 1. The summed E-state index contributed by atoms with van der Waals surface area (Å²) in [5.74, 6) is 2.55. The molecule has 7 nitrogen and oxygen atoms in total. The highest BCUT2D eigenvalue weighted by Gasteiger charge is 2.27. The number of hydrogen-bond donors (Lipinski definition) is 0. The Morgan fingerprint density at radius 1 is 1.16 bits per heavy atom. The molecule has 1 unspecified atom stereocenters. The Hall–Kier alpha value is -3.39. The number of fused-ring (bicyclic) bond motifs is 2. The summed E-state index contributed by atoms with van der Waals surface area (Å²) in [4.78, 5) is 18.0. The van der Waals surface area contributed by atoms with Crippen molar-refractivity contribution in [3.63, 3.8) is 0 Å². The predicted octanol–water partition coefficient (Wildman–Crippen LogP) is 3.78. The van der Waals surface area contributed by atoms with Gasteiger partial charge in [0.1, 0.15) is 12.4 Å². The molecule has 2 aromatic heterocycles. The van der Waals surface area contributed by atoms with Crippen LogP contribution in [0, 0.1) is 0 Å². The molecule has 1 aliphatic heterocycles. The van der Waals surface area contributed by atoms with Crippen LogP contribution in [-0.2, 0) is 0 Å². The van der Waals surface area contributed by atoms with Gasteiger partial charge in [0.15, 0.2) is 23.4 Å². The summed E-state index contributed by atoms with van der Waals surface area (Å²) in [7, 11) is 0. The van der Waals surface area contributed by atoms with Gasteiger partial charge in [-0.15, -0.1) is 5.10 Å². The molecule has 4 aromatic rings. The standard InChI is InChI=1S/C24H23N3O4S/c1-2-3-8-13-29-17-10-5-4-9-16(17)14-21-23(28)27-24(32-21)25-22(26-27)20-15-30-18-11-6-7-12-19(18)31-20/h4-7,9-12,14,20H,2-3,8,13,15H2,1H3. The van der Waals surface area contributed by atoms with Crippen LogP contribution >= 0.6 is 11.3 Å². The summed E-state index contributed by atoms with van der Waals surface area (Å²) in [6, 6.07) is 15.2. The first kappa shape index (κ1) is 20.5. The fourth-order valence-electron chi connectivity index (χ4n) is 3.54. The number of rotatable bonds is 7. The molecule has 0 spiro atoms. The van der Waals surface area contributed by atoms with Crippen LogP contribution in [0.25, 0.3) is 11.0 Å². The van der Waals surface area contributed by atoms with E-state index in [4.69, 9.17) is 14.2 Å². The van der Waals surface area contributed by atoms with Gasteiger partial charge in [-0.2, -0.15) is 9.50 Å². The van der Waals surface area contributed by atoms with Crippen molar-refractivity contribution < 1.29 is 14.2 Å². The van der Waals surface area contributed by atoms with Gasteiger partial charge in [0.25, 0.3) is 5.56 Å². The number of nitrogens with zero attached hydrogens (tertiary/aromatic N) is 3. The molecule has 5 rings (SSSR count). The summed E-state index contributed by atoms with van der Waals surface area (Å²) in [5.41, 5.74) is 0.660. The molecule has 0 bridgehead atoms. The Bertz CT molecular complexity index is 1350. The number of para-hydroxylation sites is 3. The minimum Gasteiger partial charge on any atom is -0.493 e. The maximum Gasteiger partial charge on any atom is 0.291 e. The van der Waals surface area contributed by atoms with Crippen molar-refractivity contribution in [1.29, 1.82) is 0 Å². The van der Waals surface area contributed by atoms with Crippen LogP contribution in [0.2, 0.25) is 0 Å². The number of ether oxygens (including phenoxy) is 3. The summed E-state index contributed by atoms with van der Waals surface area (Å²) in [6.45, 7) is 3.12. The first-order valence-corrected chi connectivity index (χ1v) is 11.6. The van der Waals surface area contributed by atoms with Crippen molar-refractivity contribution in [2.45, 2.75) is 32.3 Å². The third-order valence-electron chi connectivity index (χ3n) is 5.21. The Balaban J connectivity index is 1.41. The van der Waals surface area contributed by atoms with Crippen molar-refractivity contribution >= 4 is 22.4 Å². The second kappa shape index (κ2) is 9.00. The average molecular weight is 450 g/mol. The summed E-state index contributed by atoms with van der Waals surface area (Å²) < 4.78 is 19.5. The van der Waals surface area contributed by atoms with Crippen LogP contribution < -0.4 is 24.3 Å². The van der Waals surface area contributed by atoms with Crippen LogP contribution in [-0.4, -0.2) is 27.8 Å². The normalized spacial score (nSPS) is 15.9. The smallest absolute Gasteiger partial charge is 0.291 e. The molecule has 0 radical (unpaired) electrons. The van der Waals surface area contributed by atoms with Crippen LogP contribution in [0.3, 0.4) is 0 Å². The Kier molecular flexibility index (Phi) is 5.77. The van der Waals surface area contributed by atoms with E-state index in [0.29, 0.717) is 40.0 Å². The zero-order valence-electron chi connectivity index (χ0n) is 17.7. The Morgan fingerprint density at radius 3 is 2.81 bits per heavy atom. The molecular weight excluding hydrogens is 426 g/mol. The zero-order valence-corrected chi connectivity index (χ0v) is 18.5. The monoisotopic (exact) mass is 449 g/mol. The van der Waals surface area contributed by atoms with Gasteiger partial charge in [0, 0.05) is 5.56 Å². The average Bonchev–Trinajstić information content (AvgIpc) is 3.37. The first-order chi connectivity index (χ1) is 15.7. The lowest BCUT2D eigenvalue weighted by molar-refractivity contribution is 0.0852. The predicted molar refractivity (Wildman–Crippen MR) is 123 cm³/mol. The molecule has 0 saturated carbocycles. The van der Waals surface area contributed by atoms with E-state index in [-0.39, 0.29) is 5.56 Å². The third kappa shape index (κ3) is 4.05. The van der Waals surface area contributed by atoms with Gasteiger partial charge in [-0.25, -0.2) is 0 Å². The second-order valence-electron chi connectivity index (χ2n) is 7.54. The van der Waals surface area contributed by atoms with E-state index in [1.807, 2.05) is 54.6 Å². The van der Waals surface area contributed by atoms with Gasteiger partial charge in [-0.1, -0.05) is 61.4 Å². The largest absolute Gasteiger partial charge is 0.493 e. The first-order valence-electron chi connectivity index (χ1n) is 10.7. The Labute approximate surface area is 188 Å². The van der Waals surface area contributed by atoms with Crippen LogP contribution in [0.5, 0.6) is 17.2 Å². The van der Waals surface area contributed by atoms with Gasteiger partial charge >= 0.3 is 0 Å². The van der Waals surface area contributed by atoms with Crippen LogP contribution in [0.15, 0.2) is 53.3 Å². The second-order valence-corrected chi connectivity index (χ2v) is 8.55. The van der Waals surface area contributed by atoms with E-state index in [0.717, 1.165) is 30.6 Å². The van der Waals surface area contributed by atoms with Crippen molar-refractivity contribution in [3.8, 4) is 17.2 Å². The molecular formula is C24H23N3O4S. The lowest BCUT2D eigenvalue weighted by atomic mass is 10.2. The van der Waals surface area contributed by atoms with Gasteiger partial charge in [0.05, 0.1) is 11.1 Å². The van der Waals surface area contributed by atoms with E-state index in [2.05, 4.69) is 17.0 Å². The highest BCUT2D eigenvalue weighted by Crippen LogP contribution is 2.35. The molecule has 0 saturated heterocycles. The van der Waals surface area contributed by atoms with Crippen molar-refractivity contribution in [1.82, 2.24) is 14.6 Å². The van der Waals surface area contributed by atoms with Crippen molar-refractivity contribution in [2.24, 2.45) is 0 Å². The molecule has 0 fully saturated rings. The Morgan fingerprint density at radius 2 is 1.97 bits per heavy atom. The molecule has 3 heterocycles. The van der Waals surface area contributed by atoms with Crippen molar-refractivity contribution in [2.75, 3.05) is 13.2 Å². The SMILES string of the molecule is CCCCCOc1ccccc1C=c1sc2nc(C3COc4ccccc4O3)nn2c1=O. The maximum atomic E-state index is 13.0. The summed E-state index contributed by atoms with van der Waals surface area (Å²) in [5, 5.41) is 4.41. The number of aromatic nitrogens is 3. The van der Waals surface area contributed by atoms with Gasteiger partial charge in [-0.05, 0) is 30.7 Å². The minimum atomic E-state index is -0.457. The summed E-state index contributed by atoms with van der Waals surface area (Å²) >= 11 is 1.30. The van der Waals surface area contributed by atoms with Crippen LogP contribution in [0.4, 0.5) is 0 Å². The van der Waals surface area contributed by atoms with Crippen LogP contribution in [0.1, 0.15) is 43.7 Å². The molecule has 2 aromatic carbocycles. The number of unbranched alkanes of at least 4 members (excludes halogenated alkanes) is 2. The molecule has 0 N–H and O–H groups in total. The van der Waals surface area contributed by atoms with E-state index >= 15 is 0 Å². The fourth-order valence-corrected chi connectivity index (χ4v) is 4.44. The van der Waals surface area contributed by atoms with Gasteiger partial charge in [-0.3, -0.25) is 4.79 Å². The number of benzene rings is 2. The maximum absolute atomic E-state index is 13.0. The van der Waals surface area contributed by atoms with E-state index in [1.165, 1.54) is 15.9 Å². The molecule has 1 atom stereocenters. The minimum absolute atomic E-state index is 0.207. The molecule has 32 heavy (non-hydrogen) atoms. The molecule has 164 valence electrons.